The lowest BCUT2D eigenvalue weighted by molar-refractivity contribution is 0.232. The predicted molar refractivity (Wildman–Crippen MR) is 79.4 cm³/mol. The summed E-state index contributed by atoms with van der Waals surface area (Å²) in [6.45, 7) is 4.17. The van der Waals surface area contributed by atoms with Gasteiger partial charge in [0, 0.05) is 13.1 Å². The van der Waals surface area contributed by atoms with Gasteiger partial charge >= 0.3 is 0 Å². The van der Waals surface area contributed by atoms with Crippen molar-refractivity contribution in [1.82, 2.24) is 4.90 Å². The molecule has 0 amide bonds. The predicted octanol–water partition coefficient (Wildman–Crippen LogP) is 3.64. The Balaban J connectivity index is 1.78. The highest BCUT2D eigenvalue weighted by Crippen LogP contribution is 2.16. The number of nitrogens with zero attached hydrogens (tertiary/aromatic N) is 1. The monoisotopic (exact) mass is 273 g/mol. The van der Waals surface area contributed by atoms with E-state index in [0.717, 1.165) is 30.0 Å². The van der Waals surface area contributed by atoms with Gasteiger partial charge in [0.05, 0.1) is 0 Å². The third-order valence-electron chi connectivity index (χ3n) is 3.17. The second kappa shape index (κ2) is 7.06. The van der Waals surface area contributed by atoms with Gasteiger partial charge in [0.15, 0.2) is 0 Å². The highest BCUT2D eigenvalue weighted by Gasteiger charge is 2.03. The van der Waals surface area contributed by atoms with Crippen molar-refractivity contribution in [3.63, 3.8) is 0 Å². The molecule has 0 N–H and O–H groups in total. The third-order valence-corrected chi connectivity index (χ3v) is 3.17. The highest BCUT2D eigenvalue weighted by molar-refractivity contribution is 5.31. The Bertz CT molecular complexity index is 556. The first-order chi connectivity index (χ1) is 9.65. The smallest absolute Gasteiger partial charge is 0.123 e. The Kier molecular flexibility index (Phi) is 5.13. The van der Waals surface area contributed by atoms with Crippen molar-refractivity contribution in [3.8, 4) is 5.75 Å². The standard InChI is InChI=1S/C17H20FNO/c1-14-6-3-4-9-17(14)20-11-10-19(2)13-15-7-5-8-16(18)12-15/h3-9,12H,10-11,13H2,1-2H3. The van der Waals surface area contributed by atoms with Gasteiger partial charge in [0.25, 0.3) is 0 Å². The molecule has 0 bridgehead atoms. The Morgan fingerprint density at radius 2 is 1.90 bits per heavy atom. The van der Waals surface area contributed by atoms with E-state index in [9.17, 15) is 4.39 Å². The van der Waals surface area contributed by atoms with Crippen LogP contribution in [0.5, 0.6) is 5.75 Å². The molecule has 0 saturated carbocycles. The van der Waals surface area contributed by atoms with Gasteiger partial charge in [0.1, 0.15) is 18.2 Å². The molecular weight excluding hydrogens is 253 g/mol. The molecule has 0 aromatic heterocycles. The lowest BCUT2D eigenvalue weighted by atomic mass is 10.2. The van der Waals surface area contributed by atoms with Crippen LogP contribution in [0.4, 0.5) is 4.39 Å². The van der Waals surface area contributed by atoms with Crippen LogP contribution in [-0.2, 0) is 6.54 Å². The molecule has 106 valence electrons. The molecular formula is C17H20FNO. The summed E-state index contributed by atoms with van der Waals surface area (Å²) in [5, 5.41) is 0. The van der Waals surface area contributed by atoms with Crippen molar-refractivity contribution in [2.75, 3.05) is 20.2 Å². The minimum Gasteiger partial charge on any atom is -0.492 e. The van der Waals surface area contributed by atoms with Crippen molar-refractivity contribution in [1.29, 1.82) is 0 Å². The van der Waals surface area contributed by atoms with Crippen LogP contribution in [0.3, 0.4) is 0 Å². The molecule has 0 spiro atoms. The molecule has 2 nitrogen and oxygen atoms in total. The number of para-hydroxylation sites is 1. The van der Waals surface area contributed by atoms with E-state index in [1.807, 2.05) is 44.3 Å². The minimum atomic E-state index is -0.188. The summed E-state index contributed by atoms with van der Waals surface area (Å²) in [5.74, 6) is 0.735. The molecule has 2 rings (SSSR count). The van der Waals surface area contributed by atoms with Crippen molar-refractivity contribution in [3.05, 3.63) is 65.5 Å². The zero-order chi connectivity index (χ0) is 14.4. The highest BCUT2D eigenvalue weighted by atomic mass is 19.1. The van der Waals surface area contributed by atoms with E-state index in [-0.39, 0.29) is 5.82 Å². The van der Waals surface area contributed by atoms with Gasteiger partial charge in [0.2, 0.25) is 0 Å². The molecule has 0 atom stereocenters. The first-order valence-corrected chi connectivity index (χ1v) is 6.76. The lowest BCUT2D eigenvalue weighted by Gasteiger charge is -2.17. The lowest BCUT2D eigenvalue weighted by Crippen LogP contribution is -2.24. The van der Waals surface area contributed by atoms with Gasteiger partial charge in [-0.1, -0.05) is 30.3 Å². The van der Waals surface area contributed by atoms with Crippen LogP contribution >= 0.6 is 0 Å². The van der Waals surface area contributed by atoms with E-state index in [2.05, 4.69) is 4.90 Å². The number of hydrogen-bond donors (Lipinski definition) is 0. The summed E-state index contributed by atoms with van der Waals surface area (Å²) < 4.78 is 18.8. The molecule has 20 heavy (non-hydrogen) atoms. The van der Waals surface area contributed by atoms with Gasteiger partial charge in [-0.3, -0.25) is 4.90 Å². The minimum absolute atomic E-state index is 0.188. The quantitative estimate of drug-likeness (QED) is 0.796. The molecule has 0 aliphatic carbocycles. The summed E-state index contributed by atoms with van der Waals surface area (Å²) in [4.78, 5) is 2.12. The molecule has 3 heteroatoms. The normalized spacial score (nSPS) is 10.8. The van der Waals surface area contributed by atoms with E-state index in [1.165, 1.54) is 6.07 Å². The Hall–Kier alpha value is -1.87. The molecule has 0 fully saturated rings. The second-order valence-electron chi connectivity index (χ2n) is 4.98. The van der Waals surface area contributed by atoms with Gasteiger partial charge in [-0.15, -0.1) is 0 Å². The Labute approximate surface area is 119 Å². The molecule has 0 heterocycles. The number of halogens is 1. The molecule has 0 aliphatic rings. The van der Waals surface area contributed by atoms with Crippen LogP contribution in [0.25, 0.3) is 0 Å². The van der Waals surface area contributed by atoms with Crippen LogP contribution in [-0.4, -0.2) is 25.1 Å². The van der Waals surface area contributed by atoms with Crippen molar-refractivity contribution in [2.45, 2.75) is 13.5 Å². The van der Waals surface area contributed by atoms with Crippen LogP contribution in [0.2, 0.25) is 0 Å². The second-order valence-corrected chi connectivity index (χ2v) is 4.98. The summed E-state index contributed by atoms with van der Waals surface area (Å²) in [7, 11) is 2.01. The van der Waals surface area contributed by atoms with E-state index in [0.29, 0.717) is 6.61 Å². The van der Waals surface area contributed by atoms with Crippen LogP contribution in [0, 0.1) is 12.7 Å². The summed E-state index contributed by atoms with van der Waals surface area (Å²) in [6, 6.07) is 14.7. The van der Waals surface area contributed by atoms with Crippen molar-refractivity contribution in [2.24, 2.45) is 0 Å². The van der Waals surface area contributed by atoms with E-state index >= 15 is 0 Å². The van der Waals surface area contributed by atoms with Gasteiger partial charge in [-0.05, 0) is 43.3 Å². The van der Waals surface area contributed by atoms with Crippen molar-refractivity contribution >= 4 is 0 Å². The summed E-state index contributed by atoms with van der Waals surface area (Å²) >= 11 is 0. The zero-order valence-corrected chi connectivity index (χ0v) is 12.0. The van der Waals surface area contributed by atoms with Gasteiger partial charge in [-0.25, -0.2) is 4.39 Å². The third kappa shape index (κ3) is 4.35. The SMILES string of the molecule is Cc1ccccc1OCCN(C)Cc1cccc(F)c1. The van der Waals surface area contributed by atoms with Crippen molar-refractivity contribution < 1.29 is 9.13 Å². The zero-order valence-electron chi connectivity index (χ0n) is 12.0. The maximum atomic E-state index is 13.1. The number of rotatable bonds is 6. The number of hydrogen-bond acceptors (Lipinski definition) is 2. The number of benzene rings is 2. The van der Waals surface area contributed by atoms with Crippen LogP contribution in [0.15, 0.2) is 48.5 Å². The molecule has 2 aromatic carbocycles. The molecule has 2 aromatic rings. The summed E-state index contributed by atoms with van der Waals surface area (Å²) in [5.41, 5.74) is 2.11. The van der Waals surface area contributed by atoms with E-state index < -0.39 is 0 Å². The first-order valence-electron chi connectivity index (χ1n) is 6.76. The van der Waals surface area contributed by atoms with Gasteiger partial charge in [-0.2, -0.15) is 0 Å². The number of likely N-dealkylation sites (N-methyl/N-ethyl adjacent to an activating group) is 1. The fraction of sp³-hybridized carbons (Fsp3) is 0.294. The average molecular weight is 273 g/mol. The molecule has 0 unspecified atom stereocenters. The number of ether oxygens (including phenoxy) is 1. The average Bonchev–Trinajstić information content (AvgIpc) is 2.41. The fourth-order valence-corrected chi connectivity index (χ4v) is 2.06. The summed E-state index contributed by atoms with van der Waals surface area (Å²) in [6.07, 6.45) is 0. The molecule has 0 aliphatic heterocycles. The fourth-order valence-electron chi connectivity index (χ4n) is 2.06. The topological polar surface area (TPSA) is 12.5 Å². The molecule has 0 radical (unpaired) electrons. The molecule has 0 saturated heterocycles. The largest absolute Gasteiger partial charge is 0.492 e. The number of aryl methyl sites for hydroxylation is 1. The van der Waals surface area contributed by atoms with Crippen LogP contribution in [0.1, 0.15) is 11.1 Å². The Morgan fingerprint density at radius 3 is 2.65 bits per heavy atom. The van der Waals surface area contributed by atoms with Crippen LogP contribution < -0.4 is 4.74 Å². The maximum absolute atomic E-state index is 13.1. The van der Waals surface area contributed by atoms with Gasteiger partial charge < -0.3 is 4.74 Å². The maximum Gasteiger partial charge on any atom is 0.123 e. The van der Waals surface area contributed by atoms with E-state index in [4.69, 9.17) is 4.74 Å². The Morgan fingerprint density at radius 1 is 1.10 bits per heavy atom. The first kappa shape index (κ1) is 14.5. The van der Waals surface area contributed by atoms with E-state index in [1.54, 1.807) is 12.1 Å².